The van der Waals surface area contributed by atoms with Crippen LogP contribution >= 0.6 is 0 Å². The molecule has 1 heterocycles. The maximum atomic E-state index is 12.7. The number of allylic oxidation sites excluding steroid dienone is 1. The minimum Gasteiger partial charge on any atom is -0.493 e. The van der Waals surface area contributed by atoms with Gasteiger partial charge in [-0.3, -0.25) is 4.79 Å². The second-order valence-electron chi connectivity index (χ2n) is 8.06. The van der Waals surface area contributed by atoms with Crippen LogP contribution in [0.5, 0.6) is 5.75 Å². The van der Waals surface area contributed by atoms with E-state index in [0.29, 0.717) is 12.5 Å². The molecular formula is C26H31NO3. The zero-order chi connectivity index (χ0) is 22.0. The highest BCUT2D eigenvalue weighted by molar-refractivity contribution is 6.05. The number of carbonyl (C=O) groups is 1. The Bertz CT molecular complexity index is 1100. The summed E-state index contributed by atoms with van der Waals surface area (Å²) < 4.78 is 11.9. The number of ether oxygens (including phenoxy) is 1. The van der Waals surface area contributed by atoms with Crippen molar-refractivity contribution in [1.29, 1.82) is 0 Å². The standard InChI is InChI=1S/C26H31NO3/c1-8-29-25-18(6)26-23(17(5)19(7)30-26)14-22(25)16(4)13-24(28)27-21-11-9-20(10-12-21)15(2)3/h9-15H,8H2,1-7H3,(H,27,28)/b16-13+. The van der Waals surface area contributed by atoms with Crippen LogP contribution in [0.25, 0.3) is 16.5 Å². The van der Waals surface area contributed by atoms with E-state index in [0.717, 1.165) is 50.4 Å². The smallest absolute Gasteiger partial charge is 0.248 e. The Morgan fingerprint density at radius 1 is 1.13 bits per heavy atom. The lowest BCUT2D eigenvalue weighted by Crippen LogP contribution is -2.09. The molecule has 1 N–H and O–H groups in total. The van der Waals surface area contributed by atoms with Crippen LogP contribution in [0.4, 0.5) is 5.69 Å². The molecule has 0 fully saturated rings. The lowest BCUT2D eigenvalue weighted by Gasteiger charge is -2.14. The molecule has 0 saturated heterocycles. The first kappa shape index (κ1) is 21.7. The van der Waals surface area contributed by atoms with Crippen LogP contribution < -0.4 is 10.1 Å². The Morgan fingerprint density at radius 3 is 2.40 bits per heavy atom. The van der Waals surface area contributed by atoms with E-state index in [4.69, 9.17) is 9.15 Å². The van der Waals surface area contributed by atoms with E-state index < -0.39 is 0 Å². The summed E-state index contributed by atoms with van der Waals surface area (Å²) in [6.45, 7) is 14.8. The quantitative estimate of drug-likeness (QED) is 0.453. The van der Waals surface area contributed by atoms with Crippen molar-refractivity contribution in [1.82, 2.24) is 0 Å². The zero-order valence-corrected chi connectivity index (χ0v) is 19.0. The number of anilines is 1. The summed E-state index contributed by atoms with van der Waals surface area (Å²) in [4.78, 5) is 12.7. The van der Waals surface area contributed by atoms with E-state index >= 15 is 0 Å². The van der Waals surface area contributed by atoms with Gasteiger partial charge in [-0.15, -0.1) is 0 Å². The van der Waals surface area contributed by atoms with Gasteiger partial charge < -0.3 is 14.5 Å². The number of fused-ring (bicyclic) bond motifs is 1. The molecule has 0 aliphatic heterocycles. The normalized spacial score (nSPS) is 11.9. The van der Waals surface area contributed by atoms with Gasteiger partial charge in [0.15, 0.2) is 0 Å². The van der Waals surface area contributed by atoms with Crippen LogP contribution in [0.15, 0.2) is 40.8 Å². The van der Waals surface area contributed by atoms with Crippen molar-refractivity contribution in [2.24, 2.45) is 0 Å². The number of hydrogen-bond acceptors (Lipinski definition) is 3. The summed E-state index contributed by atoms with van der Waals surface area (Å²) in [6, 6.07) is 10.0. The van der Waals surface area contributed by atoms with Crippen molar-refractivity contribution in [3.8, 4) is 5.75 Å². The van der Waals surface area contributed by atoms with Gasteiger partial charge in [-0.1, -0.05) is 26.0 Å². The van der Waals surface area contributed by atoms with Crippen LogP contribution in [0, 0.1) is 20.8 Å². The summed E-state index contributed by atoms with van der Waals surface area (Å²) in [6.07, 6.45) is 1.63. The van der Waals surface area contributed by atoms with E-state index in [-0.39, 0.29) is 5.91 Å². The van der Waals surface area contributed by atoms with Crippen molar-refractivity contribution in [3.63, 3.8) is 0 Å². The fraction of sp³-hybridized carbons (Fsp3) is 0.346. The summed E-state index contributed by atoms with van der Waals surface area (Å²) in [5.74, 6) is 1.96. The van der Waals surface area contributed by atoms with Crippen molar-refractivity contribution in [2.75, 3.05) is 11.9 Å². The van der Waals surface area contributed by atoms with Crippen LogP contribution in [0.2, 0.25) is 0 Å². The zero-order valence-electron chi connectivity index (χ0n) is 19.0. The molecule has 0 bridgehead atoms. The number of furan rings is 1. The average molecular weight is 406 g/mol. The van der Waals surface area contributed by atoms with E-state index in [1.54, 1.807) is 6.08 Å². The van der Waals surface area contributed by atoms with E-state index in [1.807, 2.05) is 52.0 Å². The maximum Gasteiger partial charge on any atom is 0.248 e. The summed E-state index contributed by atoms with van der Waals surface area (Å²) in [7, 11) is 0. The van der Waals surface area contributed by atoms with Crippen LogP contribution in [-0.2, 0) is 4.79 Å². The lowest BCUT2D eigenvalue weighted by atomic mass is 9.98. The van der Waals surface area contributed by atoms with E-state index in [2.05, 4.69) is 32.2 Å². The lowest BCUT2D eigenvalue weighted by molar-refractivity contribution is -0.111. The van der Waals surface area contributed by atoms with Gasteiger partial charge in [0.05, 0.1) is 6.61 Å². The molecule has 0 aliphatic carbocycles. The van der Waals surface area contributed by atoms with Crippen molar-refractivity contribution in [2.45, 2.75) is 54.4 Å². The highest BCUT2D eigenvalue weighted by Gasteiger charge is 2.18. The van der Waals surface area contributed by atoms with E-state index in [1.165, 1.54) is 5.56 Å². The minimum atomic E-state index is -0.162. The predicted molar refractivity (Wildman–Crippen MR) is 124 cm³/mol. The Balaban J connectivity index is 1.95. The molecule has 0 atom stereocenters. The molecule has 1 amide bonds. The van der Waals surface area contributed by atoms with Gasteiger partial charge in [-0.25, -0.2) is 0 Å². The molecule has 158 valence electrons. The largest absolute Gasteiger partial charge is 0.493 e. The number of aryl methyl sites for hydroxylation is 3. The number of rotatable bonds is 6. The Labute approximate surface area is 178 Å². The molecule has 0 spiro atoms. The molecule has 1 aromatic heterocycles. The molecule has 0 unspecified atom stereocenters. The van der Waals surface area contributed by atoms with Crippen LogP contribution in [-0.4, -0.2) is 12.5 Å². The Morgan fingerprint density at radius 2 is 1.80 bits per heavy atom. The molecule has 0 radical (unpaired) electrons. The highest BCUT2D eigenvalue weighted by atomic mass is 16.5. The van der Waals surface area contributed by atoms with Gasteiger partial charge in [0.1, 0.15) is 17.1 Å². The highest BCUT2D eigenvalue weighted by Crippen LogP contribution is 2.38. The first-order valence-electron chi connectivity index (χ1n) is 10.5. The maximum absolute atomic E-state index is 12.7. The van der Waals surface area contributed by atoms with Crippen molar-refractivity contribution in [3.05, 3.63) is 64.4 Å². The first-order chi connectivity index (χ1) is 14.2. The van der Waals surface area contributed by atoms with Gasteiger partial charge in [0.2, 0.25) is 5.91 Å². The molecule has 2 aromatic carbocycles. The summed E-state index contributed by atoms with van der Waals surface area (Å²) in [5, 5.41) is 4.01. The summed E-state index contributed by atoms with van der Waals surface area (Å²) >= 11 is 0. The van der Waals surface area contributed by atoms with Gasteiger partial charge >= 0.3 is 0 Å². The number of hydrogen-bond donors (Lipinski definition) is 1. The third kappa shape index (κ3) is 4.28. The molecule has 4 nitrogen and oxygen atoms in total. The van der Waals surface area contributed by atoms with Gasteiger partial charge in [0.25, 0.3) is 0 Å². The monoisotopic (exact) mass is 405 g/mol. The second kappa shape index (κ2) is 8.78. The average Bonchev–Trinajstić information content (AvgIpc) is 2.98. The van der Waals surface area contributed by atoms with Crippen molar-refractivity contribution < 1.29 is 13.9 Å². The second-order valence-corrected chi connectivity index (χ2v) is 8.06. The van der Waals surface area contributed by atoms with Gasteiger partial charge in [-0.05, 0) is 75.4 Å². The Kier molecular flexibility index (Phi) is 6.35. The number of carbonyl (C=O) groups excluding carboxylic acids is 1. The number of amides is 1. The first-order valence-corrected chi connectivity index (χ1v) is 10.5. The predicted octanol–water partition coefficient (Wildman–Crippen LogP) is 6.92. The third-order valence-electron chi connectivity index (χ3n) is 5.55. The van der Waals surface area contributed by atoms with Gasteiger partial charge in [0, 0.05) is 28.3 Å². The van der Waals surface area contributed by atoms with Crippen LogP contribution in [0.1, 0.15) is 61.6 Å². The molecule has 3 aromatic rings. The Hall–Kier alpha value is -3.01. The topological polar surface area (TPSA) is 51.5 Å². The summed E-state index contributed by atoms with van der Waals surface area (Å²) in [5.41, 5.74) is 6.70. The molecular weight excluding hydrogens is 374 g/mol. The number of nitrogens with one attached hydrogen (secondary N) is 1. The minimum absolute atomic E-state index is 0.162. The third-order valence-corrected chi connectivity index (χ3v) is 5.55. The molecule has 0 saturated carbocycles. The number of benzene rings is 2. The van der Waals surface area contributed by atoms with Crippen LogP contribution in [0.3, 0.4) is 0 Å². The molecule has 3 rings (SSSR count). The van der Waals surface area contributed by atoms with E-state index in [9.17, 15) is 4.79 Å². The van der Waals surface area contributed by atoms with Gasteiger partial charge in [-0.2, -0.15) is 0 Å². The van der Waals surface area contributed by atoms with Crippen molar-refractivity contribution >= 4 is 28.1 Å². The fourth-order valence-electron chi connectivity index (χ4n) is 3.64. The molecule has 30 heavy (non-hydrogen) atoms. The molecule has 4 heteroatoms. The SMILES string of the molecule is CCOc1c(/C(C)=C/C(=O)Nc2ccc(C(C)C)cc2)cc2c(C)c(C)oc2c1C. The fourth-order valence-corrected chi connectivity index (χ4v) is 3.64. The molecule has 0 aliphatic rings.